The normalized spacial score (nSPS) is 32.9. The molecule has 4 heteroatoms. The molecule has 1 aliphatic carbocycles. The summed E-state index contributed by atoms with van der Waals surface area (Å²) in [5, 5.41) is 4.20. The fraction of sp³-hybridized carbons (Fsp3) is 0.588. The predicted octanol–water partition coefficient (Wildman–Crippen LogP) is 3.18. The molecule has 1 heterocycles. The Bertz CT molecular complexity index is 493. The van der Waals surface area contributed by atoms with Crippen molar-refractivity contribution in [1.82, 2.24) is 10.2 Å². The van der Waals surface area contributed by atoms with Gasteiger partial charge in [-0.25, -0.2) is 0 Å². The molecule has 0 aromatic heterocycles. The van der Waals surface area contributed by atoms with Gasteiger partial charge in [0.2, 0.25) is 5.91 Å². The number of rotatable bonds is 4. The first-order chi connectivity index (χ1) is 10.2. The van der Waals surface area contributed by atoms with Crippen molar-refractivity contribution in [3.05, 3.63) is 35.9 Å². The van der Waals surface area contributed by atoms with Gasteiger partial charge < -0.3 is 4.90 Å². The Hall–Kier alpha value is -1.00. The highest BCUT2D eigenvalue weighted by Gasteiger charge is 2.43. The molecule has 4 atom stereocenters. The summed E-state index contributed by atoms with van der Waals surface area (Å²) < 4.78 is 0. The summed E-state index contributed by atoms with van der Waals surface area (Å²) in [6.07, 6.45) is 3.68. The summed E-state index contributed by atoms with van der Waals surface area (Å²) in [5.74, 6) is 1.42. The maximum atomic E-state index is 12.8. The summed E-state index contributed by atoms with van der Waals surface area (Å²) in [7, 11) is 0. The second kappa shape index (κ2) is 6.41. The average molecular weight is 304 g/mol. The predicted molar refractivity (Wildman–Crippen MR) is 88.2 cm³/mol. The first kappa shape index (κ1) is 14.9. The highest BCUT2D eigenvalue weighted by atomic mass is 32.2. The van der Waals surface area contributed by atoms with Crippen molar-refractivity contribution in [2.24, 2.45) is 0 Å². The molecule has 4 unspecified atom stereocenters. The van der Waals surface area contributed by atoms with Gasteiger partial charge in [0.15, 0.2) is 0 Å². The molecule has 1 saturated carbocycles. The maximum Gasteiger partial charge on any atom is 0.245 e. The molecule has 2 aliphatic rings. The molecule has 3 rings (SSSR count). The number of carbonyl (C=O) groups is 1. The molecule has 0 spiro atoms. The third-order valence-corrected chi connectivity index (χ3v) is 5.84. The molecule has 0 radical (unpaired) electrons. The van der Waals surface area contributed by atoms with Crippen LogP contribution in [0.5, 0.6) is 0 Å². The van der Waals surface area contributed by atoms with Crippen LogP contribution in [0.15, 0.2) is 30.3 Å². The third kappa shape index (κ3) is 2.97. The number of benzene rings is 1. The van der Waals surface area contributed by atoms with Gasteiger partial charge in [0, 0.05) is 11.3 Å². The van der Waals surface area contributed by atoms with Crippen LogP contribution in [-0.4, -0.2) is 34.0 Å². The lowest BCUT2D eigenvalue weighted by Crippen LogP contribution is -2.41. The van der Waals surface area contributed by atoms with Gasteiger partial charge in [-0.2, -0.15) is 11.8 Å². The van der Waals surface area contributed by atoms with Gasteiger partial charge in [0.1, 0.15) is 6.04 Å². The molecule has 2 fully saturated rings. The molecule has 0 bridgehead atoms. The zero-order valence-electron chi connectivity index (χ0n) is 12.8. The molecule has 21 heavy (non-hydrogen) atoms. The van der Waals surface area contributed by atoms with Crippen molar-refractivity contribution in [3.63, 3.8) is 0 Å². The van der Waals surface area contributed by atoms with E-state index in [2.05, 4.69) is 24.1 Å². The number of hydrogen-bond acceptors (Lipinski definition) is 3. The van der Waals surface area contributed by atoms with Crippen molar-refractivity contribution in [2.75, 3.05) is 5.75 Å². The van der Waals surface area contributed by atoms with Crippen LogP contribution in [0.3, 0.4) is 0 Å². The standard InChI is InChI=1S/C17H24N2OS/c1-3-21-15-10-9-14(11-15)19-12(2)18-16(17(19)20)13-7-5-4-6-8-13/h4-8,12,14-16,18H,3,9-11H2,1-2H3. The van der Waals surface area contributed by atoms with Crippen LogP contribution in [-0.2, 0) is 4.79 Å². The molecule has 114 valence electrons. The van der Waals surface area contributed by atoms with Crippen LogP contribution in [0.4, 0.5) is 0 Å². The number of carbonyl (C=O) groups excluding carboxylic acids is 1. The molecule has 1 N–H and O–H groups in total. The Kier molecular flexibility index (Phi) is 4.55. The number of thioether (sulfide) groups is 1. The topological polar surface area (TPSA) is 32.3 Å². The second-order valence-electron chi connectivity index (χ2n) is 5.98. The molecule has 1 saturated heterocycles. The fourth-order valence-electron chi connectivity index (χ4n) is 3.67. The molecule has 3 nitrogen and oxygen atoms in total. The van der Waals surface area contributed by atoms with Crippen LogP contribution in [0.25, 0.3) is 0 Å². The van der Waals surface area contributed by atoms with Crippen molar-refractivity contribution in [1.29, 1.82) is 0 Å². The van der Waals surface area contributed by atoms with E-state index in [0.717, 1.165) is 23.7 Å². The summed E-state index contributed by atoms with van der Waals surface area (Å²) >= 11 is 2.04. The molecule has 1 aromatic carbocycles. The second-order valence-corrected chi connectivity index (χ2v) is 7.55. The summed E-state index contributed by atoms with van der Waals surface area (Å²) in [5.41, 5.74) is 1.08. The Morgan fingerprint density at radius 1 is 1.29 bits per heavy atom. The largest absolute Gasteiger partial charge is 0.323 e. The van der Waals surface area contributed by atoms with Crippen molar-refractivity contribution >= 4 is 17.7 Å². The summed E-state index contributed by atoms with van der Waals surface area (Å²) in [6.45, 7) is 4.33. The highest BCUT2D eigenvalue weighted by Crippen LogP contribution is 2.36. The highest BCUT2D eigenvalue weighted by molar-refractivity contribution is 7.99. The smallest absolute Gasteiger partial charge is 0.245 e. The number of nitrogens with zero attached hydrogens (tertiary/aromatic N) is 1. The van der Waals surface area contributed by atoms with Crippen molar-refractivity contribution in [2.45, 2.75) is 56.6 Å². The van der Waals surface area contributed by atoms with E-state index in [1.54, 1.807) is 0 Å². The van der Waals surface area contributed by atoms with Gasteiger partial charge in [0.25, 0.3) is 0 Å². The van der Waals surface area contributed by atoms with Gasteiger partial charge in [-0.1, -0.05) is 37.3 Å². The summed E-state index contributed by atoms with van der Waals surface area (Å²) in [4.78, 5) is 14.9. The Morgan fingerprint density at radius 3 is 2.76 bits per heavy atom. The number of amides is 1. The average Bonchev–Trinajstić information content (AvgIpc) is 3.05. The molecule has 1 amide bonds. The van der Waals surface area contributed by atoms with Gasteiger partial charge >= 0.3 is 0 Å². The lowest BCUT2D eigenvalue weighted by Gasteiger charge is -2.28. The van der Waals surface area contributed by atoms with Gasteiger partial charge in [-0.05, 0) is 37.5 Å². The van der Waals surface area contributed by atoms with Gasteiger partial charge in [-0.15, -0.1) is 0 Å². The number of hydrogen-bond donors (Lipinski definition) is 1. The fourth-order valence-corrected chi connectivity index (χ4v) is 4.80. The van der Waals surface area contributed by atoms with E-state index in [9.17, 15) is 4.79 Å². The lowest BCUT2D eigenvalue weighted by atomic mass is 10.1. The maximum absolute atomic E-state index is 12.8. The quantitative estimate of drug-likeness (QED) is 0.927. The molecule has 1 aromatic rings. The zero-order valence-corrected chi connectivity index (χ0v) is 13.6. The Balaban J connectivity index is 1.71. The van der Waals surface area contributed by atoms with E-state index in [0.29, 0.717) is 6.04 Å². The van der Waals surface area contributed by atoms with Crippen molar-refractivity contribution < 1.29 is 4.79 Å². The molecular weight excluding hydrogens is 280 g/mol. The van der Waals surface area contributed by atoms with Crippen molar-refractivity contribution in [3.8, 4) is 0 Å². The zero-order chi connectivity index (χ0) is 14.8. The lowest BCUT2D eigenvalue weighted by molar-refractivity contribution is -0.132. The Morgan fingerprint density at radius 2 is 2.05 bits per heavy atom. The number of nitrogens with one attached hydrogen (secondary N) is 1. The van der Waals surface area contributed by atoms with Crippen LogP contribution in [0.1, 0.15) is 44.7 Å². The van der Waals surface area contributed by atoms with Crippen LogP contribution in [0.2, 0.25) is 0 Å². The Labute approximate surface area is 131 Å². The van der Waals surface area contributed by atoms with Crippen LogP contribution < -0.4 is 5.32 Å². The van der Waals surface area contributed by atoms with Crippen LogP contribution >= 0.6 is 11.8 Å². The first-order valence-corrected chi connectivity index (χ1v) is 9.00. The molecule has 1 aliphatic heterocycles. The van der Waals surface area contributed by atoms with Gasteiger partial charge in [0.05, 0.1) is 6.17 Å². The third-order valence-electron chi connectivity index (χ3n) is 4.61. The van der Waals surface area contributed by atoms with E-state index in [1.165, 1.54) is 12.2 Å². The van der Waals surface area contributed by atoms with E-state index in [1.807, 2.05) is 42.1 Å². The minimum absolute atomic E-state index is 0.137. The SMILES string of the molecule is CCSC1CCC(N2C(=O)C(c3ccccc3)NC2C)C1. The minimum atomic E-state index is -0.168. The van der Waals surface area contributed by atoms with E-state index in [-0.39, 0.29) is 18.1 Å². The van der Waals surface area contributed by atoms with E-state index in [4.69, 9.17) is 0 Å². The molecular formula is C17H24N2OS. The first-order valence-electron chi connectivity index (χ1n) is 7.95. The van der Waals surface area contributed by atoms with E-state index >= 15 is 0 Å². The summed E-state index contributed by atoms with van der Waals surface area (Å²) in [6, 6.07) is 10.3. The minimum Gasteiger partial charge on any atom is -0.323 e. The van der Waals surface area contributed by atoms with Crippen LogP contribution in [0, 0.1) is 0 Å². The monoisotopic (exact) mass is 304 g/mol. The van der Waals surface area contributed by atoms with E-state index < -0.39 is 0 Å². The van der Waals surface area contributed by atoms with Gasteiger partial charge in [-0.3, -0.25) is 10.1 Å².